The highest BCUT2D eigenvalue weighted by atomic mass is 16.4. The smallest absolute Gasteiger partial charge is 0.116 e. The Labute approximate surface area is 69.9 Å². The van der Waals surface area contributed by atoms with Gasteiger partial charge in [-0.05, 0) is 12.8 Å². The SMILES string of the molecule is OC[C@@]1(O)C[CH][C@H](O)[C@@H](O)[C@@H]1O. The Morgan fingerprint density at radius 1 is 1.33 bits per heavy atom. The lowest BCUT2D eigenvalue weighted by Crippen LogP contribution is -2.59. The van der Waals surface area contributed by atoms with Crippen LogP contribution in [0.25, 0.3) is 0 Å². The molecule has 0 spiro atoms. The van der Waals surface area contributed by atoms with Crippen molar-refractivity contribution in [2.45, 2.75) is 30.3 Å². The van der Waals surface area contributed by atoms with E-state index in [-0.39, 0.29) is 6.42 Å². The lowest BCUT2D eigenvalue weighted by atomic mass is 9.79. The molecule has 0 aromatic rings. The van der Waals surface area contributed by atoms with Crippen molar-refractivity contribution in [1.29, 1.82) is 0 Å². The van der Waals surface area contributed by atoms with E-state index in [0.717, 1.165) is 0 Å². The fraction of sp³-hybridized carbons (Fsp3) is 0.857. The van der Waals surface area contributed by atoms with Crippen LogP contribution < -0.4 is 0 Å². The molecule has 1 aliphatic carbocycles. The van der Waals surface area contributed by atoms with Gasteiger partial charge in [0, 0.05) is 0 Å². The summed E-state index contributed by atoms with van der Waals surface area (Å²) in [5, 5.41) is 45.5. The average molecular weight is 177 g/mol. The second-order valence-corrected chi connectivity index (χ2v) is 3.13. The largest absolute Gasteiger partial charge is 0.393 e. The van der Waals surface area contributed by atoms with Gasteiger partial charge in [-0.15, -0.1) is 0 Å². The molecule has 0 aromatic carbocycles. The molecule has 71 valence electrons. The summed E-state index contributed by atoms with van der Waals surface area (Å²) in [5.74, 6) is 0. The van der Waals surface area contributed by atoms with Crippen LogP contribution in [-0.2, 0) is 0 Å². The van der Waals surface area contributed by atoms with Gasteiger partial charge in [-0.25, -0.2) is 0 Å². The van der Waals surface area contributed by atoms with Gasteiger partial charge < -0.3 is 25.5 Å². The Morgan fingerprint density at radius 2 is 1.92 bits per heavy atom. The fourth-order valence-corrected chi connectivity index (χ4v) is 1.25. The Balaban J connectivity index is 2.71. The maximum atomic E-state index is 9.43. The molecule has 0 unspecified atom stereocenters. The van der Waals surface area contributed by atoms with Gasteiger partial charge in [0.2, 0.25) is 0 Å². The van der Waals surface area contributed by atoms with Crippen molar-refractivity contribution in [2.24, 2.45) is 0 Å². The van der Waals surface area contributed by atoms with Gasteiger partial charge in [-0.1, -0.05) is 0 Å². The first kappa shape index (κ1) is 9.88. The van der Waals surface area contributed by atoms with Crippen LogP contribution in [0.5, 0.6) is 0 Å². The topological polar surface area (TPSA) is 101 Å². The lowest BCUT2D eigenvalue weighted by Gasteiger charge is -2.40. The quantitative estimate of drug-likeness (QED) is 0.302. The van der Waals surface area contributed by atoms with Crippen LogP contribution in [0.4, 0.5) is 0 Å². The molecule has 0 saturated heterocycles. The predicted octanol–water partition coefficient (Wildman–Crippen LogP) is -2.60. The van der Waals surface area contributed by atoms with E-state index < -0.39 is 30.5 Å². The van der Waals surface area contributed by atoms with Gasteiger partial charge in [-0.2, -0.15) is 0 Å². The molecule has 1 rings (SSSR count). The van der Waals surface area contributed by atoms with Crippen molar-refractivity contribution in [3.8, 4) is 0 Å². The number of hydrogen-bond donors (Lipinski definition) is 5. The molecule has 1 fully saturated rings. The van der Waals surface area contributed by atoms with Gasteiger partial charge >= 0.3 is 0 Å². The summed E-state index contributed by atoms with van der Waals surface area (Å²) in [7, 11) is 0. The van der Waals surface area contributed by atoms with Crippen LogP contribution in [0.15, 0.2) is 0 Å². The molecule has 0 amide bonds. The van der Waals surface area contributed by atoms with Crippen LogP contribution in [-0.4, -0.2) is 56.1 Å². The first-order chi connectivity index (χ1) is 5.51. The van der Waals surface area contributed by atoms with Gasteiger partial charge in [0.1, 0.15) is 17.8 Å². The lowest BCUT2D eigenvalue weighted by molar-refractivity contribution is -0.182. The van der Waals surface area contributed by atoms with E-state index in [1.165, 1.54) is 6.42 Å². The van der Waals surface area contributed by atoms with Crippen LogP contribution >= 0.6 is 0 Å². The molecule has 0 aromatic heterocycles. The van der Waals surface area contributed by atoms with E-state index in [9.17, 15) is 10.2 Å². The highest BCUT2D eigenvalue weighted by Gasteiger charge is 2.46. The molecule has 5 nitrogen and oxygen atoms in total. The molecular weight excluding hydrogens is 164 g/mol. The molecular formula is C7H13O5. The molecule has 0 bridgehead atoms. The molecule has 4 atom stereocenters. The van der Waals surface area contributed by atoms with Crippen LogP contribution in [0, 0.1) is 6.42 Å². The summed E-state index contributed by atoms with van der Waals surface area (Å²) in [6, 6.07) is 0. The van der Waals surface area contributed by atoms with Gasteiger partial charge in [0.15, 0.2) is 0 Å². The van der Waals surface area contributed by atoms with Crippen LogP contribution in [0.1, 0.15) is 6.42 Å². The fourth-order valence-electron chi connectivity index (χ4n) is 1.25. The minimum absolute atomic E-state index is 0.0388. The number of aliphatic hydroxyl groups is 5. The summed E-state index contributed by atoms with van der Waals surface area (Å²) in [6.07, 6.45) is -2.87. The zero-order chi connectivity index (χ0) is 9.35. The molecule has 0 heterocycles. The standard InChI is InChI=1S/C7H13O5/c8-3-7(12)2-1-4(9)5(10)6(7)11/h1,4-6,8-12H,2-3H2/t4-,5+,6-,7-/m0/s1. The summed E-state index contributed by atoms with van der Waals surface area (Å²) >= 11 is 0. The van der Waals surface area contributed by atoms with Gasteiger partial charge in [0.25, 0.3) is 0 Å². The predicted molar refractivity (Wildman–Crippen MR) is 39.0 cm³/mol. The Hall–Kier alpha value is -0.200. The highest BCUT2D eigenvalue weighted by molar-refractivity contribution is 5.05. The second kappa shape index (κ2) is 3.27. The Kier molecular flexibility index (Phi) is 2.70. The minimum Gasteiger partial charge on any atom is -0.393 e. The van der Waals surface area contributed by atoms with Crippen molar-refractivity contribution in [3.63, 3.8) is 0 Å². The zero-order valence-electron chi connectivity index (χ0n) is 6.46. The van der Waals surface area contributed by atoms with E-state index in [1.807, 2.05) is 0 Å². The normalized spacial score (nSPS) is 49.2. The van der Waals surface area contributed by atoms with E-state index >= 15 is 0 Å². The maximum Gasteiger partial charge on any atom is 0.116 e. The summed E-state index contributed by atoms with van der Waals surface area (Å²) in [5.41, 5.74) is -1.72. The average Bonchev–Trinajstić information content (AvgIpc) is 2.09. The molecule has 1 radical (unpaired) electrons. The third kappa shape index (κ3) is 1.46. The van der Waals surface area contributed by atoms with Crippen molar-refractivity contribution in [2.75, 3.05) is 6.61 Å². The summed E-state index contributed by atoms with van der Waals surface area (Å²) < 4.78 is 0. The van der Waals surface area contributed by atoms with Gasteiger partial charge in [0.05, 0.1) is 12.7 Å². The van der Waals surface area contributed by atoms with Crippen LogP contribution in [0.3, 0.4) is 0 Å². The molecule has 0 aliphatic heterocycles. The third-order valence-corrected chi connectivity index (χ3v) is 2.21. The highest BCUT2D eigenvalue weighted by Crippen LogP contribution is 2.27. The van der Waals surface area contributed by atoms with Crippen molar-refractivity contribution in [1.82, 2.24) is 0 Å². The summed E-state index contributed by atoms with van der Waals surface area (Å²) in [6.45, 7) is -0.644. The van der Waals surface area contributed by atoms with Crippen molar-refractivity contribution in [3.05, 3.63) is 6.42 Å². The first-order valence-electron chi connectivity index (χ1n) is 3.72. The second-order valence-electron chi connectivity index (χ2n) is 3.13. The number of hydrogen-bond acceptors (Lipinski definition) is 5. The number of rotatable bonds is 1. The van der Waals surface area contributed by atoms with Gasteiger partial charge in [-0.3, -0.25) is 0 Å². The Morgan fingerprint density at radius 3 is 2.42 bits per heavy atom. The Bertz CT molecular complexity index is 162. The first-order valence-corrected chi connectivity index (χ1v) is 3.72. The number of aliphatic hydroxyl groups excluding tert-OH is 4. The van der Waals surface area contributed by atoms with Crippen LogP contribution in [0.2, 0.25) is 0 Å². The van der Waals surface area contributed by atoms with E-state index in [1.54, 1.807) is 0 Å². The van der Waals surface area contributed by atoms with Crippen molar-refractivity contribution >= 4 is 0 Å². The molecule has 1 saturated carbocycles. The molecule has 5 N–H and O–H groups in total. The van der Waals surface area contributed by atoms with E-state index in [0.29, 0.717) is 0 Å². The summed E-state index contributed by atoms with van der Waals surface area (Å²) in [4.78, 5) is 0. The molecule has 5 heteroatoms. The van der Waals surface area contributed by atoms with Crippen molar-refractivity contribution < 1.29 is 25.5 Å². The third-order valence-electron chi connectivity index (χ3n) is 2.21. The maximum absolute atomic E-state index is 9.43. The monoisotopic (exact) mass is 177 g/mol. The minimum atomic E-state index is -1.72. The zero-order valence-corrected chi connectivity index (χ0v) is 6.46. The molecule has 1 aliphatic rings. The molecule has 12 heavy (non-hydrogen) atoms. The van der Waals surface area contributed by atoms with E-state index in [2.05, 4.69) is 0 Å². The van der Waals surface area contributed by atoms with E-state index in [4.69, 9.17) is 15.3 Å².